The molecule has 0 rings (SSSR count). The minimum atomic E-state index is -0.421. The van der Waals surface area contributed by atoms with Crippen molar-refractivity contribution in [1.82, 2.24) is 0 Å². The summed E-state index contributed by atoms with van der Waals surface area (Å²) < 4.78 is 0. The van der Waals surface area contributed by atoms with Gasteiger partial charge >= 0.3 is 0 Å². The molecule has 0 spiro atoms. The lowest BCUT2D eigenvalue weighted by atomic mass is 10.6. The minimum Gasteiger partial charge on any atom is -0.267 e. The van der Waals surface area contributed by atoms with Gasteiger partial charge in [-0.05, 0) is 6.72 Å². The fourth-order valence-corrected chi connectivity index (χ4v) is 0.214. The zero-order valence-corrected chi connectivity index (χ0v) is 4.35. The van der Waals surface area contributed by atoms with Gasteiger partial charge in [-0.25, -0.2) is 4.99 Å². The predicted octanol–water partition coefficient (Wildman–Crippen LogP) is 0.966. The summed E-state index contributed by atoms with van der Waals surface area (Å²) >= 11 is 4.99. The first-order valence-electron chi connectivity index (χ1n) is 1.58. The van der Waals surface area contributed by atoms with E-state index in [1.54, 1.807) is 0 Å². The van der Waals surface area contributed by atoms with E-state index in [4.69, 9.17) is 11.6 Å². The Labute approximate surface area is 46.5 Å². The molecule has 0 aromatic heterocycles. The van der Waals surface area contributed by atoms with E-state index in [1.165, 1.54) is 0 Å². The smallest absolute Gasteiger partial charge is 0.267 e. The molecule has 0 aliphatic rings. The maximum atomic E-state index is 10.0. The van der Waals surface area contributed by atoms with Gasteiger partial charge < -0.3 is 0 Å². The fraction of sp³-hybridized carbons (Fsp3) is 0. The van der Waals surface area contributed by atoms with Crippen LogP contribution in [0.25, 0.3) is 0 Å². The second-order valence-electron chi connectivity index (χ2n) is 0.789. The third kappa shape index (κ3) is 3.19. The highest BCUT2D eigenvalue weighted by Gasteiger charge is 1.80. The van der Waals surface area contributed by atoms with Gasteiger partial charge in [0.2, 0.25) is 0 Å². The Morgan fingerprint density at radius 3 is 2.57 bits per heavy atom. The Bertz CT molecular complexity index is 108. The second kappa shape index (κ2) is 3.56. The Morgan fingerprint density at radius 2 is 2.43 bits per heavy atom. The number of rotatable bonds is 1. The van der Waals surface area contributed by atoms with Crippen LogP contribution in [0.5, 0.6) is 0 Å². The Kier molecular flexibility index (Phi) is 3.24. The molecule has 0 radical (unpaired) electrons. The maximum absolute atomic E-state index is 10.0. The molecule has 0 aromatic carbocycles. The van der Waals surface area contributed by atoms with Crippen LogP contribution in [0.3, 0.4) is 0 Å². The third-order valence-electron chi connectivity index (χ3n) is 0.361. The molecule has 0 fully saturated rings. The van der Waals surface area contributed by atoms with Gasteiger partial charge in [0, 0.05) is 11.6 Å². The molecule has 0 unspecified atom stereocenters. The summed E-state index contributed by atoms with van der Waals surface area (Å²) in [4.78, 5) is 13.0. The van der Waals surface area contributed by atoms with Crippen molar-refractivity contribution in [3.05, 3.63) is 11.6 Å². The Morgan fingerprint density at radius 1 is 1.86 bits per heavy atom. The molecule has 0 N–H and O–H groups in total. The standard InChI is InChI=1S/C4H4ClNO/c1-6-4(7)2-3-5/h2-3H,1H2/b3-2+. The summed E-state index contributed by atoms with van der Waals surface area (Å²) in [6, 6.07) is 0. The summed E-state index contributed by atoms with van der Waals surface area (Å²) in [5.74, 6) is -0.421. The molecule has 0 aliphatic heterocycles. The first kappa shape index (κ1) is 6.37. The van der Waals surface area contributed by atoms with Gasteiger partial charge in [-0.1, -0.05) is 11.6 Å². The van der Waals surface area contributed by atoms with Crippen molar-refractivity contribution in [3.63, 3.8) is 0 Å². The van der Waals surface area contributed by atoms with Crippen LogP contribution < -0.4 is 0 Å². The van der Waals surface area contributed by atoms with Gasteiger partial charge in [0.15, 0.2) is 0 Å². The number of halogens is 1. The van der Waals surface area contributed by atoms with Gasteiger partial charge in [-0.2, -0.15) is 0 Å². The SMILES string of the molecule is C=NC(=O)/C=C/Cl. The van der Waals surface area contributed by atoms with Gasteiger partial charge in [-0.15, -0.1) is 0 Å². The molecule has 1 amide bonds. The largest absolute Gasteiger partial charge is 0.269 e. The normalized spacial score (nSPS) is 9.29. The van der Waals surface area contributed by atoms with Crippen LogP contribution in [0.4, 0.5) is 0 Å². The fourth-order valence-electron chi connectivity index (χ4n) is 0.107. The number of amides is 1. The van der Waals surface area contributed by atoms with Crippen molar-refractivity contribution in [2.45, 2.75) is 0 Å². The molecule has 0 heterocycles. The number of aliphatic imine (C=N–C) groups is 1. The van der Waals surface area contributed by atoms with E-state index in [9.17, 15) is 4.79 Å². The number of carbonyl (C=O) groups excluding carboxylic acids is 1. The van der Waals surface area contributed by atoms with Crippen molar-refractivity contribution in [1.29, 1.82) is 0 Å². The van der Waals surface area contributed by atoms with E-state index in [0.717, 1.165) is 11.6 Å². The predicted molar refractivity (Wildman–Crippen MR) is 29.5 cm³/mol. The summed E-state index contributed by atoms with van der Waals surface area (Å²) in [5, 5.41) is 0. The first-order chi connectivity index (χ1) is 3.31. The molecule has 0 aliphatic carbocycles. The van der Waals surface area contributed by atoms with Crippen LogP contribution in [-0.4, -0.2) is 12.6 Å². The van der Waals surface area contributed by atoms with Gasteiger partial charge in [-0.3, -0.25) is 4.79 Å². The molecule has 0 saturated carbocycles. The number of hydrogen-bond acceptors (Lipinski definition) is 1. The van der Waals surface area contributed by atoms with Crippen LogP contribution in [0.15, 0.2) is 16.6 Å². The van der Waals surface area contributed by atoms with Crippen LogP contribution in [0.2, 0.25) is 0 Å². The van der Waals surface area contributed by atoms with E-state index in [-0.39, 0.29) is 0 Å². The number of hydrogen-bond donors (Lipinski definition) is 0. The molecule has 2 nitrogen and oxygen atoms in total. The van der Waals surface area contributed by atoms with E-state index < -0.39 is 5.91 Å². The third-order valence-corrected chi connectivity index (χ3v) is 0.487. The van der Waals surface area contributed by atoms with Crippen LogP contribution in [0, 0.1) is 0 Å². The lowest BCUT2D eigenvalue weighted by molar-refractivity contribution is -0.113. The molecule has 0 saturated heterocycles. The summed E-state index contributed by atoms with van der Waals surface area (Å²) in [6.45, 7) is 2.97. The van der Waals surface area contributed by atoms with Crippen molar-refractivity contribution < 1.29 is 4.79 Å². The molecule has 0 atom stereocenters. The van der Waals surface area contributed by atoms with Gasteiger partial charge in [0.05, 0.1) is 0 Å². The lowest BCUT2D eigenvalue weighted by Crippen LogP contribution is -1.80. The highest BCUT2D eigenvalue weighted by atomic mass is 35.5. The number of carbonyl (C=O) groups is 1. The van der Waals surface area contributed by atoms with E-state index in [1.807, 2.05) is 0 Å². The van der Waals surface area contributed by atoms with Crippen molar-refractivity contribution in [2.24, 2.45) is 4.99 Å². The highest BCUT2D eigenvalue weighted by molar-refractivity contribution is 6.26. The summed E-state index contributed by atoms with van der Waals surface area (Å²) in [5.41, 5.74) is 1.09. The molecular formula is C4H4ClNO. The Balaban J connectivity index is 3.58. The topological polar surface area (TPSA) is 29.4 Å². The first-order valence-corrected chi connectivity index (χ1v) is 2.02. The second-order valence-corrected chi connectivity index (χ2v) is 1.04. The van der Waals surface area contributed by atoms with E-state index in [0.29, 0.717) is 0 Å². The summed E-state index contributed by atoms with van der Waals surface area (Å²) in [7, 11) is 0. The van der Waals surface area contributed by atoms with Crippen molar-refractivity contribution in [3.8, 4) is 0 Å². The van der Waals surface area contributed by atoms with E-state index in [2.05, 4.69) is 11.7 Å². The molecule has 38 valence electrons. The van der Waals surface area contributed by atoms with E-state index >= 15 is 0 Å². The van der Waals surface area contributed by atoms with Gasteiger partial charge in [0.25, 0.3) is 5.91 Å². The van der Waals surface area contributed by atoms with Crippen LogP contribution in [-0.2, 0) is 4.79 Å². The quantitative estimate of drug-likeness (QED) is 0.372. The zero-order valence-electron chi connectivity index (χ0n) is 3.60. The summed E-state index contributed by atoms with van der Waals surface area (Å²) in [6.07, 6.45) is 1.12. The van der Waals surface area contributed by atoms with Crippen LogP contribution in [0.1, 0.15) is 0 Å². The highest BCUT2D eigenvalue weighted by Crippen LogP contribution is 1.79. The van der Waals surface area contributed by atoms with Crippen LogP contribution >= 0.6 is 11.6 Å². The molecule has 3 heteroatoms. The molecule has 0 bridgehead atoms. The minimum absolute atomic E-state index is 0.421. The molecule has 0 aromatic rings. The average molecular weight is 118 g/mol. The Hall–Kier alpha value is -0.630. The lowest BCUT2D eigenvalue weighted by Gasteiger charge is -1.71. The monoisotopic (exact) mass is 117 g/mol. The zero-order chi connectivity index (χ0) is 5.70. The number of nitrogens with zero attached hydrogens (tertiary/aromatic N) is 1. The van der Waals surface area contributed by atoms with Gasteiger partial charge in [0.1, 0.15) is 0 Å². The molecule has 7 heavy (non-hydrogen) atoms. The average Bonchev–Trinajstić information content (AvgIpc) is 1.68. The molecular weight excluding hydrogens is 114 g/mol. The maximum Gasteiger partial charge on any atom is 0.269 e. The van der Waals surface area contributed by atoms with Crippen molar-refractivity contribution >= 4 is 24.2 Å². The van der Waals surface area contributed by atoms with Crippen molar-refractivity contribution in [2.75, 3.05) is 0 Å².